The van der Waals surface area contributed by atoms with Gasteiger partial charge in [-0.2, -0.15) is 10.2 Å². The summed E-state index contributed by atoms with van der Waals surface area (Å²) in [5.41, 5.74) is 3.93. The summed E-state index contributed by atoms with van der Waals surface area (Å²) in [6.45, 7) is 0.341. The lowest BCUT2D eigenvalue weighted by Gasteiger charge is -2.01. The Morgan fingerprint density at radius 3 is 2.66 bits per heavy atom. The van der Waals surface area contributed by atoms with E-state index in [1.165, 1.54) is 18.3 Å². The lowest BCUT2D eigenvalue weighted by Crippen LogP contribution is -2.19. The van der Waals surface area contributed by atoms with Crippen LogP contribution in [0.15, 0.2) is 58.2 Å². The van der Waals surface area contributed by atoms with Crippen molar-refractivity contribution >= 4 is 56.9 Å². The van der Waals surface area contributed by atoms with E-state index >= 15 is 0 Å². The van der Waals surface area contributed by atoms with Crippen molar-refractivity contribution in [2.45, 2.75) is 6.54 Å². The van der Waals surface area contributed by atoms with Gasteiger partial charge in [0.25, 0.3) is 11.6 Å². The van der Waals surface area contributed by atoms with Crippen LogP contribution in [0, 0.1) is 10.1 Å². The predicted octanol–water partition coefficient (Wildman–Crippen LogP) is 4.67. The van der Waals surface area contributed by atoms with Crippen LogP contribution < -0.4 is 5.43 Å². The van der Waals surface area contributed by atoms with E-state index < -0.39 is 10.8 Å². The molecule has 1 heterocycles. The highest BCUT2D eigenvalue weighted by Crippen LogP contribution is 2.20. The third-order valence-electron chi connectivity index (χ3n) is 3.76. The Bertz CT molecular complexity index is 1100. The molecule has 29 heavy (non-hydrogen) atoms. The van der Waals surface area contributed by atoms with Gasteiger partial charge in [0.05, 0.1) is 27.2 Å². The minimum Gasteiger partial charge on any atom is -0.266 e. The highest BCUT2D eigenvalue weighted by molar-refractivity contribution is 9.10. The van der Waals surface area contributed by atoms with E-state index in [4.69, 9.17) is 23.2 Å². The van der Waals surface area contributed by atoms with Crippen molar-refractivity contribution in [2.75, 3.05) is 0 Å². The van der Waals surface area contributed by atoms with E-state index in [9.17, 15) is 14.9 Å². The molecule has 0 spiro atoms. The molecule has 0 atom stereocenters. The number of amides is 1. The van der Waals surface area contributed by atoms with Gasteiger partial charge in [-0.05, 0) is 33.6 Å². The second kappa shape index (κ2) is 9.17. The zero-order chi connectivity index (χ0) is 21.0. The number of hydrogen-bond acceptors (Lipinski definition) is 5. The molecule has 0 saturated heterocycles. The number of hydrazone groups is 1. The Labute approximate surface area is 183 Å². The number of nitrogens with zero attached hydrogens (tertiary/aromatic N) is 4. The zero-order valence-corrected chi connectivity index (χ0v) is 17.6. The number of halogens is 3. The van der Waals surface area contributed by atoms with Crippen LogP contribution in [0.1, 0.15) is 21.6 Å². The van der Waals surface area contributed by atoms with Crippen molar-refractivity contribution in [3.05, 3.63) is 90.1 Å². The van der Waals surface area contributed by atoms with E-state index in [1.54, 1.807) is 41.2 Å². The first kappa shape index (κ1) is 21.0. The molecule has 1 aromatic heterocycles. The monoisotopic (exact) mass is 495 g/mol. The van der Waals surface area contributed by atoms with Crippen molar-refractivity contribution in [1.82, 2.24) is 15.2 Å². The summed E-state index contributed by atoms with van der Waals surface area (Å²) in [4.78, 5) is 22.6. The summed E-state index contributed by atoms with van der Waals surface area (Å²) < 4.78 is 2.02. The number of carbonyl (C=O) groups is 1. The van der Waals surface area contributed by atoms with Crippen molar-refractivity contribution in [2.24, 2.45) is 5.10 Å². The molecular formula is C18H12BrCl2N5O3. The van der Waals surface area contributed by atoms with E-state index in [1.807, 2.05) is 0 Å². The summed E-state index contributed by atoms with van der Waals surface area (Å²) in [5.74, 6) is -0.513. The van der Waals surface area contributed by atoms with Crippen molar-refractivity contribution in [3.63, 3.8) is 0 Å². The molecule has 0 bridgehead atoms. The summed E-state index contributed by atoms with van der Waals surface area (Å²) in [5, 5.41) is 19.7. The number of non-ortho nitro benzene ring substituents is 1. The van der Waals surface area contributed by atoms with Gasteiger partial charge in [0.15, 0.2) is 5.69 Å². The molecule has 1 amide bonds. The number of nitrogens with one attached hydrogen (secondary N) is 1. The Morgan fingerprint density at radius 1 is 1.28 bits per heavy atom. The third kappa shape index (κ3) is 5.41. The van der Waals surface area contributed by atoms with E-state index in [-0.39, 0.29) is 11.4 Å². The SMILES string of the molecule is O=C(N/N=C/c1ccc(Cl)cc1Cl)c1nn(Cc2ccc([N+](=O)[O-])cc2)cc1Br. The van der Waals surface area contributed by atoms with Gasteiger partial charge in [0.1, 0.15) is 0 Å². The van der Waals surface area contributed by atoms with Gasteiger partial charge in [-0.1, -0.05) is 41.4 Å². The molecule has 0 radical (unpaired) electrons. The average molecular weight is 497 g/mol. The minimum absolute atomic E-state index is 0.00844. The molecule has 0 unspecified atom stereocenters. The molecule has 0 fully saturated rings. The van der Waals surface area contributed by atoms with Gasteiger partial charge in [0.2, 0.25) is 0 Å². The normalized spacial score (nSPS) is 11.0. The number of rotatable bonds is 6. The van der Waals surface area contributed by atoms with Gasteiger partial charge in [0, 0.05) is 28.9 Å². The van der Waals surface area contributed by atoms with Gasteiger partial charge in [-0.25, -0.2) is 5.43 Å². The summed E-state index contributed by atoms with van der Waals surface area (Å²) in [6.07, 6.45) is 3.04. The van der Waals surface area contributed by atoms with Crippen molar-refractivity contribution < 1.29 is 9.72 Å². The molecule has 11 heteroatoms. The molecule has 2 aromatic carbocycles. The van der Waals surface area contributed by atoms with Crippen LogP contribution in [0.3, 0.4) is 0 Å². The molecule has 3 aromatic rings. The number of nitro benzene ring substituents is 1. The van der Waals surface area contributed by atoms with Crippen LogP contribution >= 0.6 is 39.1 Å². The fourth-order valence-corrected chi connectivity index (χ4v) is 3.31. The van der Waals surface area contributed by atoms with Gasteiger partial charge >= 0.3 is 0 Å². The van der Waals surface area contributed by atoms with E-state index in [2.05, 4.69) is 31.6 Å². The molecule has 0 aliphatic carbocycles. The molecule has 148 valence electrons. The fourth-order valence-electron chi connectivity index (χ4n) is 2.36. The topological polar surface area (TPSA) is 102 Å². The van der Waals surface area contributed by atoms with Crippen LogP contribution in [-0.4, -0.2) is 26.8 Å². The van der Waals surface area contributed by atoms with Gasteiger partial charge in [-0.15, -0.1) is 0 Å². The Hall–Kier alpha value is -2.75. The fraction of sp³-hybridized carbons (Fsp3) is 0.0556. The first-order valence-electron chi connectivity index (χ1n) is 8.08. The third-order valence-corrected chi connectivity index (χ3v) is 4.90. The number of carbonyl (C=O) groups excluding carboxylic acids is 1. The number of benzene rings is 2. The van der Waals surface area contributed by atoms with Crippen LogP contribution in [0.5, 0.6) is 0 Å². The first-order valence-corrected chi connectivity index (χ1v) is 9.63. The maximum absolute atomic E-state index is 12.3. The highest BCUT2D eigenvalue weighted by atomic mass is 79.9. The number of aromatic nitrogens is 2. The van der Waals surface area contributed by atoms with Crippen LogP contribution in [0.2, 0.25) is 10.0 Å². The quantitative estimate of drug-likeness (QED) is 0.304. The largest absolute Gasteiger partial charge is 0.293 e. The van der Waals surface area contributed by atoms with E-state index in [0.29, 0.717) is 26.6 Å². The second-order valence-corrected chi connectivity index (χ2v) is 7.51. The predicted molar refractivity (Wildman–Crippen MR) is 114 cm³/mol. The van der Waals surface area contributed by atoms with Crippen LogP contribution in [0.25, 0.3) is 0 Å². The molecular weight excluding hydrogens is 485 g/mol. The summed E-state index contributed by atoms with van der Waals surface area (Å²) in [6, 6.07) is 11.0. The lowest BCUT2D eigenvalue weighted by molar-refractivity contribution is -0.384. The van der Waals surface area contributed by atoms with Crippen LogP contribution in [0.4, 0.5) is 5.69 Å². The molecule has 8 nitrogen and oxygen atoms in total. The van der Waals surface area contributed by atoms with E-state index in [0.717, 1.165) is 5.56 Å². The smallest absolute Gasteiger partial charge is 0.266 e. The minimum atomic E-state index is -0.513. The molecule has 0 saturated carbocycles. The Morgan fingerprint density at radius 2 is 2.00 bits per heavy atom. The van der Waals surface area contributed by atoms with Gasteiger partial charge < -0.3 is 0 Å². The standard InChI is InChI=1S/C18H12BrCl2N5O3/c19-15-10-25(9-11-1-5-14(6-2-11)26(28)29)24-17(15)18(27)23-22-8-12-3-4-13(20)7-16(12)21/h1-8,10H,9H2,(H,23,27)/b22-8+. The Kier molecular flexibility index (Phi) is 6.63. The lowest BCUT2D eigenvalue weighted by atomic mass is 10.2. The summed E-state index contributed by atoms with van der Waals surface area (Å²) in [7, 11) is 0. The molecule has 0 aliphatic rings. The Balaban J connectivity index is 1.66. The van der Waals surface area contributed by atoms with Crippen LogP contribution in [-0.2, 0) is 6.54 Å². The number of nitro groups is 1. The molecule has 3 rings (SSSR count). The maximum atomic E-state index is 12.3. The average Bonchev–Trinajstić information content (AvgIpc) is 3.04. The summed E-state index contributed by atoms with van der Waals surface area (Å²) >= 11 is 15.2. The van der Waals surface area contributed by atoms with Crippen molar-refractivity contribution in [1.29, 1.82) is 0 Å². The molecule has 0 aliphatic heterocycles. The van der Waals surface area contributed by atoms with Gasteiger partial charge in [-0.3, -0.25) is 19.6 Å². The van der Waals surface area contributed by atoms with Crippen molar-refractivity contribution in [3.8, 4) is 0 Å². The highest BCUT2D eigenvalue weighted by Gasteiger charge is 2.15. The first-order chi connectivity index (χ1) is 13.8. The zero-order valence-electron chi connectivity index (χ0n) is 14.6. The maximum Gasteiger partial charge on any atom is 0.293 e. The second-order valence-electron chi connectivity index (χ2n) is 5.81. The number of hydrogen-bond donors (Lipinski definition) is 1. The molecule has 1 N–H and O–H groups in total.